The predicted octanol–water partition coefficient (Wildman–Crippen LogP) is 2.89. The van der Waals surface area contributed by atoms with Gasteiger partial charge in [-0.1, -0.05) is 18.2 Å². The van der Waals surface area contributed by atoms with Gasteiger partial charge in [-0.25, -0.2) is 13.1 Å². The third-order valence-electron chi connectivity index (χ3n) is 3.25. The number of aryl methyl sites for hydroxylation is 1. The molecule has 132 valence electrons. The lowest BCUT2D eigenvalue weighted by atomic mass is 10.2. The molecule has 7 nitrogen and oxygen atoms in total. The Labute approximate surface area is 149 Å². The fraction of sp³-hybridized carbons (Fsp3) is 0.188. The molecule has 2 aromatic rings. The van der Waals surface area contributed by atoms with Crippen LogP contribution in [-0.4, -0.2) is 25.0 Å². The third kappa shape index (κ3) is 5.30. The molecule has 25 heavy (non-hydrogen) atoms. The van der Waals surface area contributed by atoms with Crippen molar-refractivity contribution in [3.8, 4) is 0 Å². The minimum absolute atomic E-state index is 0.0326. The van der Waals surface area contributed by atoms with Gasteiger partial charge in [0.15, 0.2) is 0 Å². The smallest absolute Gasteiger partial charge is 0.269 e. The standard InChI is InChI=1S/C16H16N2O5S2/c1-12-11-13(18(20)21)7-8-15(12)25(22,23)17-16(19)9-10-24-14-5-3-2-4-6-14/h2-8,11H,9-10H2,1H3,(H,17,19). The molecule has 0 heterocycles. The van der Waals surface area contributed by atoms with Crippen molar-refractivity contribution in [3.05, 3.63) is 64.2 Å². The first-order valence-corrected chi connectivity index (χ1v) is 9.75. The highest BCUT2D eigenvalue weighted by Gasteiger charge is 2.21. The maximum atomic E-state index is 12.3. The first-order chi connectivity index (χ1) is 11.8. The van der Waals surface area contributed by atoms with Crippen LogP contribution in [0.5, 0.6) is 0 Å². The number of nitro groups is 1. The van der Waals surface area contributed by atoms with Crippen LogP contribution in [0.1, 0.15) is 12.0 Å². The Bertz CT molecular complexity index is 883. The van der Waals surface area contributed by atoms with E-state index in [-0.39, 0.29) is 22.6 Å². The molecule has 0 aliphatic heterocycles. The molecule has 0 aliphatic carbocycles. The number of carbonyl (C=O) groups is 1. The normalized spacial score (nSPS) is 11.1. The summed E-state index contributed by atoms with van der Waals surface area (Å²) in [5, 5.41) is 10.7. The molecule has 0 fully saturated rings. The average molecular weight is 380 g/mol. The van der Waals surface area contributed by atoms with Crippen LogP contribution in [-0.2, 0) is 14.8 Å². The van der Waals surface area contributed by atoms with Gasteiger partial charge in [-0.3, -0.25) is 14.9 Å². The highest BCUT2D eigenvalue weighted by molar-refractivity contribution is 7.99. The Balaban J connectivity index is 1.98. The topological polar surface area (TPSA) is 106 Å². The van der Waals surface area contributed by atoms with Gasteiger partial charge in [0.05, 0.1) is 9.82 Å². The molecule has 0 spiro atoms. The molecule has 0 saturated heterocycles. The zero-order valence-electron chi connectivity index (χ0n) is 13.3. The number of amides is 1. The van der Waals surface area contributed by atoms with Gasteiger partial charge < -0.3 is 0 Å². The molecule has 0 radical (unpaired) electrons. The van der Waals surface area contributed by atoms with E-state index in [0.29, 0.717) is 5.75 Å². The number of benzene rings is 2. The monoisotopic (exact) mass is 380 g/mol. The lowest BCUT2D eigenvalue weighted by molar-refractivity contribution is -0.385. The number of sulfonamides is 1. The van der Waals surface area contributed by atoms with Gasteiger partial charge in [0.2, 0.25) is 5.91 Å². The summed E-state index contributed by atoms with van der Waals surface area (Å²) in [6.07, 6.45) is 0.0326. The quantitative estimate of drug-likeness (QED) is 0.450. The maximum Gasteiger partial charge on any atom is 0.269 e. The van der Waals surface area contributed by atoms with Crippen molar-refractivity contribution in [1.82, 2.24) is 4.72 Å². The lowest BCUT2D eigenvalue weighted by Crippen LogP contribution is -2.31. The summed E-state index contributed by atoms with van der Waals surface area (Å²) in [4.78, 5) is 22.8. The molecule has 0 aromatic heterocycles. The van der Waals surface area contributed by atoms with Gasteiger partial charge >= 0.3 is 0 Å². The fourth-order valence-electron chi connectivity index (χ4n) is 2.08. The van der Waals surface area contributed by atoms with Crippen LogP contribution in [0.25, 0.3) is 0 Å². The molecular weight excluding hydrogens is 364 g/mol. The minimum atomic E-state index is -4.06. The second-order valence-electron chi connectivity index (χ2n) is 5.15. The number of thioether (sulfide) groups is 1. The van der Waals surface area contributed by atoms with Crippen molar-refractivity contribution in [2.45, 2.75) is 23.1 Å². The number of non-ortho nitro benzene ring substituents is 1. The van der Waals surface area contributed by atoms with Crippen LogP contribution >= 0.6 is 11.8 Å². The highest BCUT2D eigenvalue weighted by atomic mass is 32.2. The van der Waals surface area contributed by atoms with E-state index in [4.69, 9.17) is 0 Å². The van der Waals surface area contributed by atoms with E-state index >= 15 is 0 Å². The Hall–Kier alpha value is -2.39. The van der Waals surface area contributed by atoms with E-state index in [9.17, 15) is 23.3 Å². The molecule has 0 atom stereocenters. The summed E-state index contributed by atoms with van der Waals surface area (Å²) >= 11 is 1.45. The minimum Gasteiger partial charge on any atom is -0.274 e. The summed E-state index contributed by atoms with van der Waals surface area (Å²) in [6, 6.07) is 12.8. The van der Waals surface area contributed by atoms with Crippen LogP contribution in [0, 0.1) is 17.0 Å². The average Bonchev–Trinajstić information content (AvgIpc) is 2.55. The second-order valence-corrected chi connectivity index (χ2v) is 7.97. The molecule has 0 saturated carbocycles. The van der Waals surface area contributed by atoms with Gasteiger partial charge in [-0.15, -0.1) is 11.8 Å². The summed E-state index contributed by atoms with van der Waals surface area (Å²) in [6.45, 7) is 1.44. The van der Waals surface area contributed by atoms with Crippen LogP contribution in [0.4, 0.5) is 5.69 Å². The summed E-state index contributed by atoms with van der Waals surface area (Å²) < 4.78 is 26.5. The van der Waals surface area contributed by atoms with E-state index in [0.717, 1.165) is 23.1 Å². The fourth-order valence-corrected chi connectivity index (χ4v) is 4.20. The van der Waals surface area contributed by atoms with Crippen LogP contribution in [0.15, 0.2) is 58.3 Å². The van der Waals surface area contributed by atoms with Crippen molar-refractivity contribution in [3.63, 3.8) is 0 Å². The number of hydrogen-bond acceptors (Lipinski definition) is 6. The molecule has 0 unspecified atom stereocenters. The van der Waals surface area contributed by atoms with E-state index in [2.05, 4.69) is 0 Å². The largest absolute Gasteiger partial charge is 0.274 e. The van der Waals surface area contributed by atoms with Crippen molar-refractivity contribution in [2.24, 2.45) is 0 Å². The molecule has 2 aromatic carbocycles. The van der Waals surface area contributed by atoms with Gasteiger partial charge in [-0.05, 0) is 30.7 Å². The zero-order chi connectivity index (χ0) is 18.4. The van der Waals surface area contributed by atoms with Crippen molar-refractivity contribution in [2.75, 3.05) is 5.75 Å². The van der Waals surface area contributed by atoms with Crippen LogP contribution in [0.2, 0.25) is 0 Å². The number of carbonyl (C=O) groups excluding carboxylic acids is 1. The van der Waals surface area contributed by atoms with E-state index in [1.807, 2.05) is 35.1 Å². The molecule has 0 aliphatic rings. The molecule has 2 rings (SSSR count). The van der Waals surface area contributed by atoms with Gasteiger partial charge in [0, 0.05) is 29.2 Å². The molecule has 0 bridgehead atoms. The molecule has 1 N–H and O–H groups in total. The number of nitro benzene ring substituents is 1. The Morgan fingerprint density at radius 3 is 2.48 bits per heavy atom. The van der Waals surface area contributed by atoms with Gasteiger partial charge in [0.25, 0.3) is 15.7 Å². The molecule has 9 heteroatoms. The van der Waals surface area contributed by atoms with Gasteiger partial charge in [0.1, 0.15) is 0 Å². The number of nitrogens with zero attached hydrogens (tertiary/aromatic N) is 1. The number of hydrogen-bond donors (Lipinski definition) is 1. The SMILES string of the molecule is Cc1cc([N+](=O)[O-])ccc1S(=O)(=O)NC(=O)CCSc1ccccc1. The maximum absolute atomic E-state index is 12.3. The number of nitrogens with one attached hydrogen (secondary N) is 1. The van der Waals surface area contributed by atoms with E-state index in [1.54, 1.807) is 0 Å². The molecule has 1 amide bonds. The zero-order valence-corrected chi connectivity index (χ0v) is 15.0. The summed E-state index contributed by atoms with van der Waals surface area (Å²) in [5.41, 5.74) is -0.00445. The summed E-state index contributed by atoms with van der Waals surface area (Å²) in [5.74, 6) is -0.189. The van der Waals surface area contributed by atoms with E-state index < -0.39 is 20.9 Å². The molecular formula is C16H16N2O5S2. The lowest BCUT2D eigenvalue weighted by Gasteiger charge is -2.09. The van der Waals surface area contributed by atoms with Crippen LogP contribution in [0.3, 0.4) is 0 Å². The Kier molecular flexibility index (Phi) is 6.16. The van der Waals surface area contributed by atoms with Gasteiger partial charge in [-0.2, -0.15) is 0 Å². The Morgan fingerprint density at radius 2 is 1.88 bits per heavy atom. The third-order valence-corrected chi connectivity index (χ3v) is 5.80. The first-order valence-electron chi connectivity index (χ1n) is 7.28. The van der Waals surface area contributed by atoms with Crippen LogP contribution < -0.4 is 4.72 Å². The number of rotatable bonds is 7. The highest BCUT2D eigenvalue weighted by Crippen LogP contribution is 2.21. The predicted molar refractivity (Wildman–Crippen MR) is 94.9 cm³/mol. The first kappa shape index (κ1) is 18.9. The van der Waals surface area contributed by atoms with E-state index in [1.165, 1.54) is 18.7 Å². The van der Waals surface area contributed by atoms with Crippen molar-refractivity contribution >= 4 is 33.4 Å². The summed E-state index contributed by atoms with van der Waals surface area (Å²) in [7, 11) is -4.06. The van der Waals surface area contributed by atoms with Crippen molar-refractivity contribution < 1.29 is 18.1 Å². The second kappa shape index (κ2) is 8.13. The Morgan fingerprint density at radius 1 is 1.20 bits per heavy atom. The van der Waals surface area contributed by atoms with Crippen molar-refractivity contribution in [1.29, 1.82) is 0 Å².